The number of benzene rings is 1. The number of furan rings is 1. The SMILES string of the molecule is O=C(Cn1cnc2onc(-c3cccc(F)c3)c2c1=O)NCCc1ccco1. The van der Waals surface area contributed by atoms with Crippen LogP contribution in [0.5, 0.6) is 0 Å². The van der Waals surface area contributed by atoms with Gasteiger partial charge in [0, 0.05) is 18.5 Å². The summed E-state index contributed by atoms with van der Waals surface area (Å²) in [6.07, 6.45) is 3.32. The maximum Gasteiger partial charge on any atom is 0.267 e. The van der Waals surface area contributed by atoms with Crippen LogP contribution >= 0.6 is 0 Å². The number of carbonyl (C=O) groups is 1. The van der Waals surface area contributed by atoms with Crippen molar-refractivity contribution in [3.63, 3.8) is 0 Å². The molecule has 8 nitrogen and oxygen atoms in total. The Bertz CT molecular complexity index is 1180. The van der Waals surface area contributed by atoms with Crippen molar-refractivity contribution in [3.8, 4) is 11.3 Å². The first-order valence-electron chi connectivity index (χ1n) is 8.51. The van der Waals surface area contributed by atoms with Crippen LogP contribution in [0.3, 0.4) is 0 Å². The largest absolute Gasteiger partial charge is 0.469 e. The number of nitrogens with zero attached hydrogens (tertiary/aromatic N) is 3. The highest BCUT2D eigenvalue weighted by Gasteiger charge is 2.18. The lowest BCUT2D eigenvalue weighted by molar-refractivity contribution is -0.121. The van der Waals surface area contributed by atoms with Gasteiger partial charge in [-0.15, -0.1) is 0 Å². The van der Waals surface area contributed by atoms with E-state index in [2.05, 4.69) is 15.5 Å². The summed E-state index contributed by atoms with van der Waals surface area (Å²) in [5, 5.41) is 6.65. The van der Waals surface area contributed by atoms with Crippen LogP contribution in [0.1, 0.15) is 5.76 Å². The number of rotatable bonds is 6. The number of hydrogen-bond acceptors (Lipinski definition) is 6. The minimum atomic E-state index is -0.494. The smallest absolute Gasteiger partial charge is 0.267 e. The Morgan fingerprint density at radius 1 is 1.25 bits per heavy atom. The van der Waals surface area contributed by atoms with E-state index in [-0.39, 0.29) is 29.2 Å². The summed E-state index contributed by atoms with van der Waals surface area (Å²) in [6.45, 7) is 0.159. The van der Waals surface area contributed by atoms with Crippen LogP contribution in [0.25, 0.3) is 22.4 Å². The van der Waals surface area contributed by atoms with Gasteiger partial charge in [-0.05, 0) is 24.3 Å². The monoisotopic (exact) mass is 382 g/mol. The molecule has 4 aromatic rings. The van der Waals surface area contributed by atoms with E-state index >= 15 is 0 Å². The van der Waals surface area contributed by atoms with Gasteiger partial charge in [-0.3, -0.25) is 14.2 Å². The highest BCUT2D eigenvalue weighted by Crippen LogP contribution is 2.24. The van der Waals surface area contributed by atoms with Crippen molar-refractivity contribution >= 4 is 17.0 Å². The van der Waals surface area contributed by atoms with Gasteiger partial charge < -0.3 is 14.3 Å². The van der Waals surface area contributed by atoms with E-state index in [0.717, 1.165) is 10.3 Å². The first-order chi connectivity index (χ1) is 13.6. The first kappa shape index (κ1) is 17.7. The van der Waals surface area contributed by atoms with Gasteiger partial charge in [-0.1, -0.05) is 17.3 Å². The average Bonchev–Trinajstić information content (AvgIpc) is 3.34. The third-order valence-electron chi connectivity index (χ3n) is 4.15. The summed E-state index contributed by atoms with van der Waals surface area (Å²) in [5.74, 6) is -0.0582. The summed E-state index contributed by atoms with van der Waals surface area (Å²) in [7, 11) is 0. The molecule has 0 fully saturated rings. The number of halogens is 1. The van der Waals surface area contributed by atoms with E-state index in [0.29, 0.717) is 18.5 Å². The first-order valence-corrected chi connectivity index (χ1v) is 8.51. The number of carbonyl (C=O) groups excluding carboxylic acids is 1. The van der Waals surface area contributed by atoms with Gasteiger partial charge in [0.05, 0.1) is 6.26 Å². The van der Waals surface area contributed by atoms with Crippen molar-refractivity contribution < 1.29 is 18.1 Å². The Labute approximate surface area is 157 Å². The van der Waals surface area contributed by atoms with E-state index in [1.54, 1.807) is 18.4 Å². The zero-order valence-corrected chi connectivity index (χ0v) is 14.6. The summed E-state index contributed by atoms with van der Waals surface area (Å²) in [4.78, 5) is 29.0. The molecule has 0 saturated heterocycles. The molecule has 3 heterocycles. The second-order valence-corrected chi connectivity index (χ2v) is 6.08. The number of nitrogens with one attached hydrogen (secondary N) is 1. The predicted octanol–water partition coefficient (Wildman–Crippen LogP) is 2.14. The van der Waals surface area contributed by atoms with Crippen LogP contribution in [-0.4, -0.2) is 27.2 Å². The molecule has 9 heteroatoms. The fourth-order valence-electron chi connectivity index (χ4n) is 2.82. The zero-order valence-electron chi connectivity index (χ0n) is 14.6. The lowest BCUT2D eigenvalue weighted by atomic mass is 10.1. The van der Waals surface area contributed by atoms with Gasteiger partial charge in [0.15, 0.2) is 0 Å². The van der Waals surface area contributed by atoms with Gasteiger partial charge in [-0.2, -0.15) is 0 Å². The predicted molar refractivity (Wildman–Crippen MR) is 96.9 cm³/mol. The molecule has 0 bridgehead atoms. The molecular weight excluding hydrogens is 367 g/mol. The molecule has 0 saturated carbocycles. The average molecular weight is 382 g/mol. The van der Waals surface area contributed by atoms with Crippen LogP contribution in [0, 0.1) is 5.82 Å². The molecule has 0 aliphatic rings. The van der Waals surface area contributed by atoms with Gasteiger partial charge in [0.1, 0.15) is 35.5 Å². The van der Waals surface area contributed by atoms with Crippen LogP contribution in [0.4, 0.5) is 4.39 Å². The Kier molecular flexibility index (Phi) is 4.71. The molecule has 1 N–H and O–H groups in total. The maximum atomic E-state index is 13.5. The van der Waals surface area contributed by atoms with Gasteiger partial charge >= 0.3 is 0 Å². The number of hydrogen-bond donors (Lipinski definition) is 1. The van der Waals surface area contributed by atoms with E-state index < -0.39 is 11.4 Å². The topological polar surface area (TPSA) is 103 Å². The molecule has 0 spiro atoms. The Morgan fingerprint density at radius 3 is 2.93 bits per heavy atom. The molecule has 1 amide bonds. The summed E-state index contributed by atoms with van der Waals surface area (Å²) in [5.41, 5.74) is 0.100. The number of amides is 1. The van der Waals surface area contributed by atoms with E-state index in [1.807, 2.05) is 6.07 Å². The second-order valence-electron chi connectivity index (χ2n) is 6.08. The van der Waals surface area contributed by atoms with Crippen molar-refractivity contribution in [3.05, 3.63) is 70.9 Å². The Morgan fingerprint density at radius 2 is 2.14 bits per heavy atom. The van der Waals surface area contributed by atoms with Crippen molar-refractivity contribution in [2.75, 3.05) is 6.54 Å². The summed E-state index contributed by atoms with van der Waals surface area (Å²) < 4.78 is 24.9. The van der Waals surface area contributed by atoms with Crippen LogP contribution in [0.15, 0.2) is 62.7 Å². The van der Waals surface area contributed by atoms with Gasteiger partial charge in [0.2, 0.25) is 5.91 Å². The van der Waals surface area contributed by atoms with E-state index in [4.69, 9.17) is 8.94 Å². The van der Waals surface area contributed by atoms with Gasteiger partial charge in [-0.25, -0.2) is 9.37 Å². The van der Waals surface area contributed by atoms with Crippen molar-refractivity contribution in [1.82, 2.24) is 20.0 Å². The molecule has 1 aromatic carbocycles. The van der Waals surface area contributed by atoms with E-state index in [1.165, 1.54) is 24.5 Å². The van der Waals surface area contributed by atoms with Gasteiger partial charge in [0.25, 0.3) is 11.3 Å². The molecular formula is C19H15FN4O4. The van der Waals surface area contributed by atoms with Crippen molar-refractivity contribution in [2.45, 2.75) is 13.0 Å². The van der Waals surface area contributed by atoms with Crippen molar-refractivity contribution in [2.24, 2.45) is 0 Å². The normalized spacial score (nSPS) is 11.0. The third-order valence-corrected chi connectivity index (χ3v) is 4.15. The minimum Gasteiger partial charge on any atom is -0.469 e. The molecule has 0 unspecified atom stereocenters. The number of aromatic nitrogens is 3. The Balaban J connectivity index is 1.55. The molecule has 0 aliphatic carbocycles. The molecule has 3 aromatic heterocycles. The Hall–Kier alpha value is -3.75. The van der Waals surface area contributed by atoms with Crippen LogP contribution in [0.2, 0.25) is 0 Å². The third kappa shape index (κ3) is 3.54. The summed E-state index contributed by atoms with van der Waals surface area (Å²) >= 11 is 0. The van der Waals surface area contributed by atoms with Crippen LogP contribution in [-0.2, 0) is 17.8 Å². The summed E-state index contributed by atoms with van der Waals surface area (Å²) in [6, 6.07) is 9.23. The zero-order chi connectivity index (χ0) is 19.5. The molecule has 4 rings (SSSR count). The highest BCUT2D eigenvalue weighted by atomic mass is 19.1. The quantitative estimate of drug-likeness (QED) is 0.548. The molecule has 28 heavy (non-hydrogen) atoms. The van der Waals surface area contributed by atoms with Crippen LogP contribution < -0.4 is 10.9 Å². The standard InChI is InChI=1S/C19H15FN4O4/c20-13-4-1-3-12(9-13)17-16-18(28-23-17)22-11-24(19(16)26)10-15(25)21-7-6-14-5-2-8-27-14/h1-5,8-9,11H,6-7,10H2,(H,21,25). The second kappa shape index (κ2) is 7.47. The maximum absolute atomic E-state index is 13.5. The highest BCUT2D eigenvalue weighted by molar-refractivity contribution is 5.88. The fraction of sp³-hybridized carbons (Fsp3) is 0.158. The molecule has 142 valence electrons. The lowest BCUT2D eigenvalue weighted by Crippen LogP contribution is -2.33. The van der Waals surface area contributed by atoms with E-state index in [9.17, 15) is 14.0 Å². The van der Waals surface area contributed by atoms with Crippen molar-refractivity contribution in [1.29, 1.82) is 0 Å². The number of fused-ring (bicyclic) bond motifs is 1. The fourth-order valence-corrected chi connectivity index (χ4v) is 2.82. The molecule has 0 radical (unpaired) electrons. The lowest BCUT2D eigenvalue weighted by Gasteiger charge is -2.06. The molecule has 0 atom stereocenters. The molecule has 0 aliphatic heterocycles. The minimum absolute atomic E-state index is 0.0266.